The van der Waals surface area contributed by atoms with E-state index < -0.39 is 0 Å². The third-order valence-corrected chi connectivity index (χ3v) is 5.25. The van der Waals surface area contributed by atoms with Crippen LogP contribution in [0.2, 0.25) is 0 Å². The van der Waals surface area contributed by atoms with Crippen LogP contribution in [0.5, 0.6) is 0 Å². The molecule has 4 aromatic heterocycles. The maximum Gasteiger partial charge on any atom is 0.132 e. The van der Waals surface area contributed by atoms with E-state index in [2.05, 4.69) is 48.9 Å². The third-order valence-electron chi connectivity index (χ3n) is 5.25. The van der Waals surface area contributed by atoms with Gasteiger partial charge in [-0.1, -0.05) is 11.3 Å². The van der Waals surface area contributed by atoms with Crippen LogP contribution >= 0.6 is 0 Å². The van der Waals surface area contributed by atoms with Crippen molar-refractivity contribution in [2.75, 3.05) is 5.32 Å². The Morgan fingerprint density at radius 2 is 1.93 bits per heavy atom. The van der Waals surface area contributed by atoms with Crippen LogP contribution in [-0.2, 0) is 13.6 Å². The Balaban J connectivity index is 1.49. The van der Waals surface area contributed by atoms with Crippen molar-refractivity contribution in [2.24, 2.45) is 7.05 Å². The van der Waals surface area contributed by atoms with Gasteiger partial charge in [-0.15, -0.1) is 5.10 Å². The molecule has 1 aliphatic rings. The monoisotopic (exact) mass is 380 g/mol. The smallest absolute Gasteiger partial charge is 0.132 e. The van der Waals surface area contributed by atoms with Gasteiger partial charge in [-0.05, 0) is 41.5 Å². The lowest BCUT2D eigenvalue weighted by atomic mass is 9.96. The van der Waals surface area contributed by atoms with E-state index in [0.29, 0.717) is 6.54 Å². The van der Waals surface area contributed by atoms with E-state index in [9.17, 15) is 0 Å². The highest BCUT2D eigenvalue weighted by atomic mass is 15.4. The minimum Gasteiger partial charge on any atom is -0.325 e. The summed E-state index contributed by atoms with van der Waals surface area (Å²) in [7, 11) is 1.89. The molecule has 1 aliphatic heterocycles. The molecule has 0 unspecified atom stereocenters. The number of benzene rings is 1. The maximum absolute atomic E-state index is 4.63. The van der Waals surface area contributed by atoms with E-state index in [1.807, 2.05) is 42.2 Å². The zero-order valence-electron chi connectivity index (χ0n) is 15.6. The lowest BCUT2D eigenvalue weighted by Crippen LogP contribution is -2.10. The normalized spacial score (nSPS) is 12.2. The second-order valence-corrected chi connectivity index (χ2v) is 7.04. The van der Waals surface area contributed by atoms with E-state index in [1.165, 1.54) is 0 Å². The van der Waals surface area contributed by atoms with Crippen LogP contribution in [0.3, 0.4) is 0 Å². The van der Waals surface area contributed by atoms with Crippen LogP contribution in [0.25, 0.3) is 33.4 Å². The van der Waals surface area contributed by atoms with E-state index >= 15 is 0 Å². The Hall–Kier alpha value is -4.07. The first-order chi connectivity index (χ1) is 14.3. The predicted octanol–water partition coefficient (Wildman–Crippen LogP) is 3.39. The Bertz CT molecular complexity index is 1380. The highest BCUT2D eigenvalue weighted by Crippen LogP contribution is 2.37. The first-order valence-electron chi connectivity index (χ1n) is 9.29. The van der Waals surface area contributed by atoms with Gasteiger partial charge in [0.2, 0.25) is 0 Å². The second kappa shape index (κ2) is 5.96. The lowest BCUT2D eigenvalue weighted by molar-refractivity contribution is 0.664. The average Bonchev–Trinajstić information content (AvgIpc) is 3.35. The SMILES string of the molecule is Cn1nccc1Nc1cc(-c2cc3c4c(c2)nnn4Cc2cccnc2-3)ccn1. The summed E-state index contributed by atoms with van der Waals surface area (Å²) in [6.45, 7) is 0.694. The van der Waals surface area contributed by atoms with E-state index in [1.54, 1.807) is 17.1 Å². The second-order valence-electron chi connectivity index (χ2n) is 7.04. The molecule has 0 radical (unpaired) electrons. The number of hydrogen-bond donors (Lipinski definition) is 1. The molecular weight excluding hydrogens is 364 g/mol. The molecule has 140 valence electrons. The molecule has 8 nitrogen and oxygen atoms in total. The molecule has 0 aliphatic carbocycles. The van der Waals surface area contributed by atoms with Crippen LogP contribution in [-0.4, -0.2) is 34.7 Å². The Morgan fingerprint density at radius 3 is 2.83 bits per heavy atom. The average molecular weight is 380 g/mol. The van der Waals surface area contributed by atoms with Gasteiger partial charge in [-0.3, -0.25) is 9.67 Å². The molecule has 8 heteroatoms. The summed E-state index contributed by atoms with van der Waals surface area (Å²) in [6.07, 6.45) is 5.38. The summed E-state index contributed by atoms with van der Waals surface area (Å²) in [4.78, 5) is 9.07. The molecular formula is C21H16N8. The number of aromatic nitrogens is 7. The zero-order valence-corrected chi connectivity index (χ0v) is 15.6. The standard InChI is InChI=1S/C21H16N8/c1-28-19(5-8-24-28)25-18-11-13(4-7-22-18)15-9-16-20-14(3-2-6-23-20)12-29-21(16)17(10-15)26-27-29/h2-11H,12H2,1H3,(H,22,25). The fourth-order valence-corrected chi connectivity index (χ4v) is 3.85. The first kappa shape index (κ1) is 15.9. The number of fused-ring (bicyclic) bond motifs is 2. The van der Waals surface area contributed by atoms with Crippen molar-refractivity contribution >= 4 is 22.7 Å². The molecule has 0 fully saturated rings. The number of nitrogens with one attached hydrogen (secondary N) is 1. The highest BCUT2D eigenvalue weighted by molar-refractivity contribution is 5.96. The lowest BCUT2D eigenvalue weighted by Gasteiger charge is -2.17. The van der Waals surface area contributed by atoms with E-state index in [4.69, 9.17) is 0 Å². The van der Waals surface area contributed by atoms with E-state index in [0.717, 1.165) is 50.6 Å². The minimum atomic E-state index is 0.694. The molecule has 0 saturated carbocycles. The summed E-state index contributed by atoms with van der Waals surface area (Å²) in [5.41, 5.74) is 7.19. The summed E-state index contributed by atoms with van der Waals surface area (Å²) in [5.74, 6) is 1.63. The summed E-state index contributed by atoms with van der Waals surface area (Å²) in [6, 6.07) is 14.2. The van der Waals surface area contributed by atoms with Crippen molar-refractivity contribution < 1.29 is 0 Å². The molecule has 0 atom stereocenters. The van der Waals surface area contributed by atoms with Crippen molar-refractivity contribution in [1.29, 1.82) is 0 Å². The first-order valence-corrected chi connectivity index (χ1v) is 9.29. The van der Waals surface area contributed by atoms with Gasteiger partial charge in [0.15, 0.2) is 0 Å². The number of aryl methyl sites for hydroxylation is 1. The zero-order chi connectivity index (χ0) is 19.4. The van der Waals surface area contributed by atoms with Gasteiger partial charge in [0.25, 0.3) is 0 Å². The molecule has 5 heterocycles. The quantitative estimate of drug-likeness (QED) is 0.506. The molecule has 6 rings (SSSR count). The van der Waals surface area contributed by atoms with Crippen molar-refractivity contribution in [2.45, 2.75) is 6.54 Å². The van der Waals surface area contributed by atoms with Gasteiger partial charge >= 0.3 is 0 Å². The highest BCUT2D eigenvalue weighted by Gasteiger charge is 2.22. The molecule has 5 aromatic rings. The van der Waals surface area contributed by atoms with Crippen LogP contribution in [0.15, 0.2) is 61.1 Å². The fraction of sp³-hybridized carbons (Fsp3) is 0.0952. The van der Waals surface area contributed by atoms with Crippen LogP contribution in [0.1, 0.15) is 5.56 Å². The molecule has 0 bridgehead atoms. The maximum atomic E-state index is 4.63. The van der Waals surface area contributed by atoms with Crippen LogP contribution in [0.4, 0.5) is 11.6 Å². The number of pyridine rings is 2. The molecule has 0 amide bonds. The molecule has 1 N–H and O–H groups in total. The van der Waals surface area contributed by atoms with Gasteiger partial charge in [0.1, 0.15) is 17.2 Å². The summed E-state index contributed by atoms with van der Waals surface area (Å²) in [5, 5.41) is 16.2. The van der Waals surface area contributed by atoms with Gasteiger partial charge < -0.3 is 5.32 Å². The van der Waals surface area contributed by atoms with Crippen molar-refractivity contribution in [1.82, 2.24) is 34.7 Å². The number of rotatable bonds is 3. The van der Waals surface area contributed by atoms with Crippen molar-refractivity contribution in [3.8, 4) is 22.4 Å². The summed E-state index contributed by atoms with van der Waals surface area (Å²) < 4.78 is 3.71. The number of nitrogens with zero attached hydrogens (tertiary/aromatic N) is 7. The van der Waals surface area contributed by atoms with Crippen molar-refractivity contribution in [3.05, 3.63) is 66.6 Å². The van der Waals surface area contributed by atoms with Crippen LogP contribution < -0.4 is 5.32 Å². The molecule has 0 spiro atoms. The predicted molar refractivity (Wildman–Crippen MR) is 110 cm³/mol. The van der Waals surface area contributed by atoms with Gasteiger partial charge in [-0.25, -0.2) is 9.67 Å². The van der Waals surface area contributed by atoms with Gasteiger partial charge in [0.05, 0.1) is 24.0 Å². The topological polar surface area (TPSA) is 86.3 Å². The van der Waals surface area contributed by atoms with Crippen LogP contribution in [0, 0.1) is 0 Å². The largest absolute Gasteiger partial charge is 0.325 e. The number of hydrogen-bond acceptors (Lipinski definition) is 6. The Labute approximate surface area is 165 Å². The molecule has 29 heavy (non-hydrogen) atoms. The minimum absolute atomic E-state index is 0.694. The van der Waals surface area contributed by atoms with Crippen molar-refractivity contribution in [3.63, 3.8) is 0 Å². The molecule has 0 saturated heterocycles. The van der Waals surface area contributed by atoms with Gasteiger partial charge in [0, 0.05) is 36.6 Å². The third kappa shape index (κ3) is 2.49. The summed E-state index contributed by atoms with van der Waals surface area (Å²) >= 11 is 0. The fourth-order valence-electron chi connectivity index (χ4n) is 3.85. The number of anilines is 2. The Kier molecular flexibility index (Phi) is 3.28. The van der Waals surface area contributed by atoms with Gasteiger partial charge in [-0.2, -0.15) is 5.10 Å². The Morgan fingerprint density at radius 1 is 0.966 bits per heavy atom. The molecule has 1 aromatic carbocycles. The van der Waals surface area contributed by atoms with E-state index in [-0.39, 0.29) is 0 Å².